The van der Waals surface area contributed by atoms with Crippen molar-refractivity contribution in [2.24, 2.45) is 0 Å². The van der Waals surface area contributed by atoms with E-state index in [1.165, 1.54) is 12.5 Å². The predicted octanol–water partition coefficient (Wildman–Crippen LogP) is 3.75. The molecule has 1 aliphatic carbocycles. The molecule has 1 heterocycles. The van der Waals surface area contributed by atoms with Crippen LogP contribution < -0.4 is 5.32 Å². The van der Waals surface area contributed by atoms with Gasteiger partial charge in [0.2, 0.25) is 5.91 Å². The van der Waals surface area contributed by atoms with Gasteiger partial charge in [0.1, 0.15) is 11.3 Å². The van der Waals surface area contributed by atoms with E-state index in [-0.39, 0.29) is 23.6 Å². The zero-order chi connectivity index (χ0) is 18.6. The van der Waals surface area contributed by atoms with E-state index in [1.54, 1.807) is 12.1 Å². The lowest BCUT2D eigenvalue weighted by atomic mass is 9.81. The second-order valence-electron chi connectivity index (χ2n) is 6.86. The average Bonchev–Trinajstić information content (AvgIpc) is 2.66. The van der Waals surface area contributed by atoms with Gasteiger partial charge in [-0.3, -0.25) is 4.79 Å². The Kier molecular flexibility index (Phi) is 5.58. The SMILES string of the molecule is C#CC1(N2C=CC(NC(=O)Cc3cc(Cl)ccc3O)=CC2)CCCCC1. The van der Waals surface area contributed by atoms with Crippen LogP contribution in [0.3, 0.4) is 0 Å². The van der Waals surface area contributed by atoms with Crippen molar-refractivity contribution < 1.29 is 9.90 Å². The fourth-order valence-electron chi connectivity index (χ4n) is 3.63. The van der Waals surface area contributed by atoms with E-state index < -0.39 is 0 Å². The number of nitrogens with one attached hydrogen (secondary N) is 1. The van der Waals surface area contributed by atoms with Crippen LogP contribution >= 0.6 is 11.6 Å². The highest BCUT2D eigenvalue weighted by Gasteiger charge is 2.34. The molecule has 0 radical (unpaired) electrons. The molecule has 0 saturated heterocycles. The van der Waals surface area contributed by atoms with Crippen molar-refractivity contribution in [3.05, 3.63) is 52.8 Å². The first kappa shape index (κ1) is 18.4. The van der Waals surface area contributed by atoms with Crippen LogP contribution in [-0.2, 0) is 11.2 Å². The molecular weight excluding hydrogens is 348 g/mol. The van der Waals surface area contributed by atoms with Crippen LogP contribution in [0.5, 0.6) is 5.75 Å². The Morgan fingerprint density at radius 1 is 1.35 bits per heavy atom. The fraction of sp³-hybridized carbons (Fsp3) is 0.381. The maximum Gasteiger partial charge on any atom is 0.228 e. The first-order valence-corrected chi connectivity index (χ1v) is 9.30. The number of nitrogens with zero attached hydrogens (tertiary/aromatic N) is 1. The monoisotopic (exact) mass is 370 g/mol. The summed E-state index contributed by atoms with van der Waals surface area (Å²) in [5, 5.41) is 13.2. The largest absolute Gasteiger partial charge is 0.508 e. The molecule has 2 N–H and O–H groups in total. The molecule has 0 aromatic heterocycles. The number of aromatic hydroxyl groups is 1. The lowest BCUT2D eigenvalue weighted by Crippen LogP contribution is -2.47. The van der Waals surface area contributed by atoms with Gasteiger partial charge < -0.3 is 15.3 Å². The summed E-state index contributed by atoms with van der Waals surface area (Å²) in [7, 11) is 0. The van der Waals surface area contributed by atoms with Crippen LogP contribution in [0.15, 0.2) is 42.2 Å². The molecule has 0 atom stereocenters. The minimum atomic E-state index is -0.201. The van der Waals surface area contributed by atoms with E-state index in [4.69, 9.17) is 18.0 Å². The summed E-state index contributed by atoms with van der Waals surface area (Å²) < 4.78 is 0. The van der Waals surface area contributed by atoms with Gasteiger partial charge in [0.15, 0.2) is 0 Å². The summed E-state index contributed by atoms with van der Waals surface area (Å²) in [5.74, 6) is 2.87. The molecule has 5 heteroatoms. The third-order valence-electron chi connectivity index (χ3n) is 5.12. The number of hydrogen-bond donors (Lipinski definition) is 2. The van der Waals surface area contributed by atoms with Gasteiger partial charge in [0.25, 0.3) is 0 Å². The number of phenols is 1. The van der Waals surface area contributed by atoms with Gasteiger partial charge in [0.05, 0.1) is 6.42 Å². The van der Waals surface area contributed by atoms with E-state index >= 15 is 0 Å². The maximum absolute atomic E-state index is 12.3. The van der Waals surface area contributed by atoms with Crippen molar-refractivity contribution in [1.29, 1.82) is 0 Å². The second-order valence-corrected chi connectivity index (χ2v) is 7.30. The minimum absolute atomic E-state index is 0.0651. The van der Waals surface area contributed by atoms with Crippen molar-refractivity contribution >= 4 is 17.5 Å². The fourth-order valence-corrected chi connectivity index (χ4v) is 3.83. The van der Waals surface area contributed by atoms with E-state index in [2.05, 4.69) is 16.1 Å². The summed E-state index contributed by atoms with van der Waals surface area (Å²) in [6, 6.07) is 4.68. The maximum atomic E-state index is 12.3. The van der Waals surface area contributed by atoms with Crippen molar-refractivity contribution in [1.82, 2.24) is 10.2 Å². The summed E-state index contributed by atoms with van der Waals surface area (Å²) in [5.41, 5.74) is 1.05. The number of terminal acetylenes is 1. The smallest absolute Gasteiger partial charge is 0.228 e. The molecule has 1 saturated carbocycles. The number of hydrogen-bond acceptors (Lipinski definition) is 3. The van der Waals surface area contributed by atoms with Crippen LogP contribution in [0.25, 0.3) is 0 Å². The lowest BCUT2D eigenvalue weighted by molar-refractivity contribution is -0.119. The molecule has 1 aromatic rings. The number of benzene rings is 1. The Labute approximate surface area is 159 Å². The molecule has 0 bridgehead atoms. The number of carbonyl (C=O) groups is 1. The number of phenolic OH excluding ortho intramolecular Hbond substituents is 1. The van der Waals surface area contributed by atoms with Gasteiger partial charge in [-0.1, -0.05) is 36.8 Å². The Balaban J connectivity index is 1.60. The Morgan fingerprint density at radius 3 is 2.77 bits per heavy atom. The molecule has 136 valence electrons. The zero-order valence-electron chi connectivity index (χ0n) is 14.7. The van der Waals surface area contributed by atoms with Crippen molar-refractivity contribution in [2.45, 2.75) is 44.1 Å². The molecule has 26 heavy (non-hydrogen) atoms. The second kappa shape index (κ2) is 7.88. The van der Waals surface area contributed by atoms with Gasteiger partial charge in [0, 0.05) is 29.0 Å². The normalized spacial score (nSPS) is 18.8. The summed E-state index contributed by atoms with van der Waals surface area (Å²) >= 11 is 5.92. The van der Waals surface area contributed by atoms with Crippen molar-refractivity contribution in [3.63, 3.8) is 0 Å². The number of allylic oxidation sites excluding steroid dienone is 1. The van der Waals surface area contributed by atoms with Crippen molar-refractivity contribution in [2.75, 3.05) is 6.54 Å². The Bertz CT molecular complexity index is 786. The molecule has 2 aliphatic rings. The molecule has 1 fully saturated rings. The summed E-state index contributed by atoms with van der Waals surface area (Å²) in [6.07, 6.45) is 17.3. The average molecular weight is 371 g/mol. The van der Waals surface area contributed by atoms with E-state index in [1.807, 2.05) is 18.4 Å². The van der Waals surface area contributed by atoms with Crippen LogP contribution in [0.2, 0.25) is 5.02 Å². The molecule has 3 rings (SSSR count). The molecule has 1 amide bonds. The van der Waals surface area contributed by atoms with E-state index in [9.17, 15) is 9.90 Å². The van der Waals surface area contributed by atoms with Crippen LogP contribution in [0.4, 0.5) is 0 Å². The lowest BCUT2D eigenvalue weighted by Gasteiger charge is -2.43. The first-order chi connectivity index (χ1) is 12.5. The number of carbonyl (C=O) groups excluding carboxylic acids is 1. The zero-order valence-corrected chi connectivity index (χ0v) is 15.4. The highest BCUT2D eigenvalue weighted by atomic mass is 35.5. The van der Waals surface area contributed by atoms with Crippen LogP contribution in [0.1, 0.15) is 37.7 Å². The third-order valence-corrected chi connectivity index (χ3v) is 5.35. The standard InChI is InChI=1S/C21H23ClN2O2/c1-2-21(10-4-3-5-11-21)24-12-8-18(9-13-24)23-20(26)15-16-14-17(22)6-7-19(16)25/h1,6-9,12,14,25H,3-5,10-11,13,15H2,(H,23,26). The molecular formula is C21H23ClN2O2. The van der Waals surface area contributed by atoms with Gasteiger partial charge in [-0.05, 0) is 43.2 Å². The van der Waals surface area contributed by atoms with Crippen LogP contribution in [0, 0.1) is 12.3 Å². The molecule has 1 aromatic carbocycles. The Hall–Kier alpha value is -2.38. The number of rotatable bonds is 4. The number of amides is 1. The predicted molar refractivity (Wildman–Crippen MR) is 104 cm³/mol. The van der Waals surface area contributed by atoms with Gasteiger partial charge in [-0.25, -0.2) is 0 Å². The minimum Gasteiger partial charge on any atom is -0.508 e. The highest BCUT2D eigenvalue weighted by molar-refractivity contribution is 6.30. The molecule has 4 nitrogen and oxygen atoms in total. The molecule has 0 spiro atoms. The highest BCUT2D eigenvalue weighted by Crippen LogP contribution is 2.34. The van der Waals surface area contributed by atoms with Crippen molar-refractivity contribution in [3.8, 4) is 18.1 Å². The third kappa shape index (κ3) is 4.05. The summed E-state index contributed by atoms with van der Waals surface area (Å²) in [4.78, 5) is 14.5. The Morgan fingerprint density at radius 2 is 2.12 bits per heavy atom. The van der Waals surface area contributed by atoms with Gasteiger partial charge in [-0.15, -0.1) is 6.42 Å². The van der Waals surface area contributed by atoms with Gasteiger partial charge in [-0.2, -0.15) is 0 Å². The topological polar surface area (TPSA) is 52.6 Å². The van der Waals surface area contributed by atoms with E-state index in [0.29, 0.717) is 17.1 Å². The first-order valence-electron chi connectivity index (χ1n) is 8.92. The van der Waals surface area contributed by atoms with Crippen LogP contribution in [-0.4, -0.2) is 28.0 Å². The van der Waals surface area contributed by atoms with Gasteiger partial charge >= 0.3 is 0 Å². The molecule has 0 unspecified atom stereocenters. The number of halogens is 1. The molecule has 1 aliphatic heterocycles. The van der Waals surface area contributed by atoms with E-state index in [0.717, 1.165) is 31.4 Å². The quantitative estimate of drug-likeness (QED) is 0.793. The summed E-state index contributed by atoms with van der Waals surface area (Å²) in [6.45, 7) is 0.679.